The van der Waals surface area contributed by atoms with Gasteiger partial charge in [0.2, 0.25) is 0 Å². The Kier molecular flexibility index (Phi) is 4.90. The van der Waals surface area contributed by atoms with Crippen molar-refractivity contribution < 1.29 is 4.39 Å². The van der Waals surface area contributed by atoms with Gasteiger partial charge in [-0.15, -0.1) is 0 Å². The molecule has 1 fully saturated rings. The first kappa shape index (κ1) is 15.5. The summed E-state index contributed by atoms with van der Waals surface area (Å²) in [7, 11) is 0. The smallest absolute Gasteiger partial charge is 0.157 e. The Morgan fingerprint density at radius 2 is 1.74 bits per heavy atom. The van der Waals surface area contributed by atoms with Gasteiger partial charge in [-0.1, -0.05) is 25.0 Å². The Labute approximate surface area is 135 Å². The number of benzene rings is 1. The van der Waals surface area contributed by atoms with Crippen LogP contribution in [0, 0.1) is 5.82 Å². The van der Waals surface area contributed by atoms with E-state index in [4.69, 9.17) is 5.73 Å². The van der Waals surface area contributed by atoms with Gasteiger partial charge < -0.3 is 16.0 Å². The molecule has 6 heteroatoms. The third-order valence-electron chi connectivity index (χ3n) is 4.14. The number of anilines is 3. The number of nitrogen functional groups attached to an aromatic ring is 1. The molecule has 1 saturated heterocycles. The first-order valence-corrected chi connectivity index (χ1v) is 8.08. The molecule has 0 aliphatic carbocycles. The van der Waals surface area contributed by atoms with Gasteiger partial charge in [-0.05, 0) is 30.5 Å². The number of nitrogens with one attached hydrogen (secondary N) is 1. The van der Waals surface area contributed by atoms with Crippen LogP contribution in [0.5, 0.6) is 0 Å². The average molecular weight is 315 g/mol. The monoisotopic (exact) mass is 315 g/mol. The van der Waals surface area contributed by atoms with Crippen LogP contribution in [0.4, 0.5) is 21.7 Å². The lowest BCUT2D eigenvalue weighted by atomic mass is 10.2. The highest BCUT2D eigenvalue weighted by Crippen LogP contribution is 2.28. The van der Waals surface area contributed by atoms with Crippen LogP contribution in [-0.4, -0.2) is 23.1 Å². The van der Waals surface area contributed by atoms with Crippen molar-refractivity contribution in [1.82, 2.24) is 9.97 Å². The van der Waals surface area contributed by atoms with Crippen molar-refractivity contribution >= 4 is 17.3 Å². The number of halogens is 1. The normalized spacial score (nSPS) is 15.3. The van der Waals surface area contributed by atoms with E-state index in [-0.39, 0.29) is 5.82 Å². The molecule has 0 radical (unpaired) electrons. The van der Waals surface area contributed by atoms with Crippen molar-refractivity contribution in [2.75, 3.05) is 29.0 Å². The largest absolute Gasteiger partial charge is 0.393 e. The quantitative estimate of drug-likeness (QED) is 0.907. The molecular formula is C17H22FN5. The fraction of sp³-hybridized carbons (Fsp3) is 0.412. The summed E-state index contributed by atoms with van der Waals surface area (Å²) in [5.41, 5.74) is 7.82. The summed E-state index contributed by atoms with van der Waals surface area (Å²) in [6.07, 6.45) is 6.40. The summed E-state index contributed by atoms with van der Waals surface area (Å²) in [5.74, 6) is 1.20. The third kappa shape index (κ3) is 3.88. The zero-order valence-electron chi connectivity index (χ0n) is 13.1. The van der Waals surface area contributed by atoms with Crippen molar-refractivity contribution in [3.63, 3.8) is 0 Å². The van der Waals surface area contributed by atoms with Gasteiger partial charge in [-0.3, -0.25) is 0 Å². The van der Waals surface area contributed by atoms with Crippen molar-refractivity contribution in [1.29, 1.82) is 0 Å². The van der Waals surface area contributed by atoms with E-state index in [1.165, 1.54) is 37.8 Å². The van der Waals surface area contributed by atoms with E-state index in [1.807, 2.05) is 0 Å². The maximum atomic E-state index is 12.9. The topological polar surface area (TPSA) is 67.1 Å². The molecule has 0 saturated carbocycles. The van der Waals surface area contributed by atoms with E-state index in [9.17, 15) is 4.39 Å². The van der Waals surface area contributed by atoms with Crippen LogP contribution >= 0.6 is 0 Å². The minimum absolute atomic E-state index is 0.237. The molecular weight excluding hydrogens is 293 g/mol. The van der Waals surface area contributed by atoms with E-state index in [0.29, 0.717) is 18.1 Å². The zero-order chi connectivity index (χ0) is 16.1. The first-order valence-electron chi connectivity index (χ1n) is 8.08. The van der Waals surface area contributed by atoms with Crippen molar-refractivity contribution in [3.05, 3.63) is 42.0 Å². The molecule has 0 amide bonds. The Balaban J connectivity index is 1.72. The van der Waals surface area contributed by atoms with Gasteiger partial charge in [-0.25, -0.2) is 14.4 Å². The van der Waals surface area contributed by atoms with Crippen LogP contribution in [0.3, 0.4) is 0 Å². The maximum absolute atomic E-state index is 12.9. The fourth-order valence-corrected chi connectivity index (χ4v) is 2.85. The summed E-state index contributed by atoms with van der Waals surface area (Å²) < 4.78 is 12.9. The molecule has 0 atom stereocenters. The van der Waals surface area contributed by atoms with Crippen LogP contribution < -0.4 is 16.0 Å². The molecule has 1 aromatic heterocycles. The van der Waals surface area contributed by atoms with E-state index in [2.05, 4.69) is 20.2 Å². The summed E-state index contributed by atoms with van der Waals surface area (Å²) in [6, 6.07) is 6.39. The molecule has 0 bridgehead atoms. The number of rotatable bonds is 4. The highest BCUT2D eigenvalue weighted by Gasteiger charge is 2.16. The van der Waals surface area contributed by atoms with Crippen molar-refractivity contribution in [2.24, 2.45) is 0 Å². The highest BCUT2D eigenvalue weighted by molar-refractivity contribution is 5.74. The van der Waals surface area contributed by atoms with E-state index in [0.717, 1.165) is 24.5 Å². The molecule has 5 nitrogen and oxygen atoms in total. The van der Waals surface area contributed by atoms with Crippen LogP contribution in [0.1, 0.15) is 31.2 Å². The lowest BCUT2D eigenvalue weighted by Gasteiger charge is -2.23. The zero-order valence-corrected chi connectivity index (χ0v) is 13.1. The molecule has 0 spiro atoms. The lowest BCUT2D eigenvalue weighted by Crippen LogP contribution is -2.26. The maximum Gasteiger partial charge on any atom is 0.157 e. The second-order valence-corrected chi connectivity index (χ2v) is 5.84. The minimum atomic E-state index is -0.237. The summed E-state index contributed by atoms with van der Waals surface area (Å²) in [6.45, 7) is 2.51. The van der Waals surface area contributed by atoms with E-state index < -0.39 is 0 Å². The van der Waals surface area contributed by atoms with Crippen molar-refractivity contribution in [3.8, 4) is 0 Å². The third-order valence-corrected chi connectivity index (χ3v) is 4.14. The van der Waals surface area contributed by atoms with Crippen LogP contribution in [-0.2, 0) is 6.54 Å². The molecule has 3 N–H and O–H groups in total. The van der Waals surface area contributed by atoms with Gasteiger partial charge in [0.05, 0.1) is 0 Å². The predicted molar refractivity (Wildman–Crippen MR) is 90.9 cm³/mol. The molecule has 122 valence electrons. The Morgan fingerprint density at radius 1 is 1.04 bits per heavy atom. The summed E-state index contributed by atoms with van der Waals surface area (Å²) >= 11 is 0. The average Bonchev–Trinajstić information content (AvgIpc) is 2.85. The molecule has 1 aliphatic rings. The predicted octanol–water partition coefficient (Wildman–Crippen LogP) is 3.19. The molecule has 3 rings (SSSR count). The van der Waals surface area contributed by atoms with Crippen LogP contribution in [0.15, 0.2) is 30.6 Å². The van der Waals surface area contributed by atoms with Gasteiger partial charge in [-0.2, -0.15) is 0 Å². The van der Waals surface area contributed by atoms with Gasteiger partial charge in [0.15, 0.2) is 11.6 Å². The second kappa shape index (κ2) is 7.26. The fourth-order valence-electron chi connectivity index (χ4n) is 2.85. The number of aromatic nitrogens is 2. The number of hydrogen-bond donors (Lipinski definition) is 2. The molecule has 1 aliphatic heterocycles. The summed E-state index contributed by atoms with van der Waals surface area (Å²) in [5, 5.41) is 3.22. The Bertz CT molecular complexity index is 636. The SMILES string of the molecule is Nc1c(NCc2ccc(F)cc2)ncnc1N1CCCCCC1. The van der Waals surface area contributed by atoms with Crippen LogP contribution in [0.25, 0.3) is 0 Å². The molecule has 2 heterocycles. The second-order valence-electron chi connectivity index (χ2n) is 5.84. The van der Waals surface area contributed by atoms with E-state index >= 15 is 0 Å². The Morgan fingerprint density at radius 3 is 2.43 bits per heavy atom. The Hall–Kier alpha value is -2.37. The van der Waals surface area contributed by atoms with Crippen LogP contribution in [0.2, 0.25) is 0 Å². The number of hydrogen-bond acceptors (Lipinski definition) is 5. The molecule has 0 unspecified atom stereocenters. The van der Waals surface area contributed by atoms with Gasteiger partial charge in [0.25, 0.3) is 0 Å². The number of nitrogens with two attached hydrogens (primary N) is 1. The van der Waals surface area contributed by atoms with E-state index in [1.54, 1.807) is 18.5 Å². The molecule has 23 heavy (non-hydrogen) atoms. The highest BCUT2D eigenvalue weighted by atomic mass is 19.1. The first-order chi connectivity index (χ1) is 11.2. The molecule has 1 aromatic carbocycles. The lowest BCUT2D eigenvalue weighted by molar-refractivity contribution is 0.627. The van der Waals surface area contributed by atoms with Gasteiger partial charge >= 0.3 is 0 Å². The van der Waals surface area contributed by atoms with Gasteiger partial charge in [0, 0.05) is 19.6 Å². The molecule has 2 aromatic rings. The number of nitrogens with zero attached hydrogens (tertiary/aromatic N) is 3. The standard InChI is InChI=1S/C17H22FN5/c18-14-7-5-13(6-8-14)11-20-16-15(19)17(22-12-21-16)23-9-3-1-2-4-10-23/h5-8,12H,1-4,9-11,19H2,(H,20,21,22). The summed E-state index contributed by atoms with van der Waals surface area (Å²) in [4.78, 5) is 10.9. The minimum Gasteiger partial charge on any atom is -0.393 e. The van der Waals surface area contributed by atoms with Gasteiger partial charge in [0.1, 0.15) is 17.8 Å². The van der Waals surface area contributed by atoms with Crippen molar-refractivity contribution in [2.45, 2.75) is 32.2 Å².